The maximum Gasteiger partial charge on any atom is 0.408 e. The van der Waals surface area contributed by atoms with Gasteiger partial charge in [0, 0.05) is 62.7 Å². The van der Waals surface area contributed by atoms with Gasteiger partial charge in [0.25, 0.3) is 0 Å². The average molecular weight is 879 g/mol. The summed E-state index contributed by atoms with van der Waals surface area (Å²) in [5.74, 6) is -1.04. The number of carboxylic acid groups (broad SMARTS) is 1. The predicted molar refractivity (Wildman–Crippen MR) is 222 cm³/mol. The summed E-state index contributed by atoms with van der Waals surface area (Å²) in [5.41, 5.74) is 3.47. The van der Waals surface area contributed by atoms with Gasteiger partial charge in [-0.25, -0.2) is 9.18 Å². The molecule has 7 aromatic rings. The molecule has 1 aliphatic heterocycles. The molecule has 0 aliphatic carbocycles. The number of benzene rings is 3. The Morgan fingerprint density at radius 2 is 1.80 bits per heavy atom. The Bertz CT molecular complexity index is 2700. The number of pyridine rings is 1. The zero-order chi connectivity index (χ0) is 42.8. The topological polar surface area (TPSA) is 128 Å². The number of para-hydroxylation sites is 1. The Labute approximate surface area is 356 Å². The molecule has 8 rings (SSSR count). The van der Waals surface area contributed by atoms with Crippen LogP contribution in [0.5, 0.6) is 17.4 Å². The van der Waals surface area contributed by atoms with Crippen LogP contribution in [0.2, 0.25) is 5.02 Å². The Morgan fingerprint density at radius 1 is 1.02 bits per heavy atom. The summed E-state index contributed by atoms with van der Waals surface area (Å²) in [6, 6.07) is 16.1. The van der Waals surface area contributed by atoms with Crippen molar-refractivity contribution in [2.24, 2.45) is 0 Å². The molecule has 12 nitrogen and oxygen atoms in total. The molecule has 1 saturated heterocycles. The van der Waals surface area contributed by atoms with Gasteiger partial charge in [-0.15, -0.1) is 0 Å². The standard InChI is InChI=1S/C43H39ClF4N6O6S/c1-25-28(8-10-33(38(25)44)57-20-18-53-16-14-52(2)15-17-53)36-37-35(22-49-39(36)30-7-9-31(45)29-12-19-58-40(29)30)61-51-41(37)60-34(42(55)56)21-26-5-3-4-6-32(26)59-23-27-11-13-50-54(27)24-43(46,47)48/h3-13,19,22,34H,14-18,20-21,23-24H2,1-2H3,(H,55,56)/t34-/m1/s1. The molecule has 1 N–H and O–H groups in total. The zero-order valence-corrected chi connectivity index (χ0v) is 34.5. The highest BCUT2D eigenvalue weighted by atomic mass is 35.5. The van der Waals surface area contributed by atoms with E-state index >= 15 is 0 Å². The van der Waals surface area contributed by atoms with E-state index < -0.39 is 30.6 Å². The molecule has 3 aromatic carbocycles. The average Bonchev–Trinajstić information content (AvgIpc) is 4.00. The highest BCUT2D eigenvalue weighted by Crippen LogP contribution is 2.47. The number of fused-ring (bicyclic) bond motifs is 2. The van der Waals surface area contributed by atoms with Crippen molar-refractivity contribution in [2.45, 2.75) is 38.8 Å². The number of hydrogen-bond acceptors (Lipinski definition) is 11. The first-order chi connectivity index (χ1) is 29.3. The molecule has 0 saturated carbocycles. The van der Waals surface area contributed by atoms with Gasteiger partial charge in [0.1, 0.15) is 42.7 Å². The van der Waals surface area contributed by atoms with Crippen LogP contribution in [-0.2, 0) is 24.4 Å². The summed E-state index contributed by atoms with van der Waals surface area (Å²) in [4.78, 5) is 22.4. The number of hydrogen-bond donors (Lipinski definition) is 1. The first kappa shape index (κ1) is 42.0. The van der Waals surface area contributed by atoms with E-state index in [-0.39, 0.29) is 41.3 Å². The predicted octanol–water partition coefficient (Wildman–Crippen LogP) is 8.91. The molecular weight excluding hydrogens is 840 g/mol. The summed E-state index contributed by atoms with van der Waals surface area (Å²) in [6.45, 7) is 5.32. The number of piperazine rings is 1. The van der Waals surface area contributed by atoms with E-state index in [1.54, 1.807) is 42.6 Å². The van der Waals surface area contributed by atoms with Crippen molar-refractivity contribution in [3.05, 3.63) is 107 Å². The molecule has 0 unspecified atom stereocenters. The van der Waals surface area contributed by atoms with Gasteiger partial charge < -0.3 is 28.6 Å². The molecule has 1 fully saturated rings. The summed E-state index contributed by atoms with van der Waals surface area (Å²) in [7, 11) is 2.10. The van der Waals surface area contributed by atoms with E-state index in [9.17, 15) is 27.5 Å². The lowest BCUT2D eigenvalue weighted by Gasteiger charge is -2.32. The lowest BCUT2D eigenvalue weighted by molar-refractivity contribution is -0.145. The van der Waals surface area contributed by atoms with Crippen LogP contribution >= 0.6 is 23.1 Å². The summed E-state index contributed by atoms with van der Waals surface area (Å²) < 4.78 is 84.6. The van der Waals surface area contributed by atoms with E-state index in [4.69, 9.17) is 35.2 Å². The number of aliphatic carboxylic acids is 1. The lowest BCUT2D eigenvalue weighted by Crippen LogP contribution is -2.45. The minimum absolute atomic E-state index is 0.00123. The van der Waals surface area contributed by atoms with E-state index in [1.165, 1.54) is 30.7 Å². The molecule has 4 aromatic heterocycles. The maximum absolute atomic E-state index is 15.0. The molecule has 0 spiro atoms. The summed E-state index contributed by atoms with van der Waals surface area (Å²) in [5, 5.41) is 15.4. The fourth-order valence-electron chi connectivity index (χ4n) is 7.35. The molecule has 18 heteroatoms. The minimum Gasteiger partial charge on any atom is -0.491 e. The normalized spacial score (nSPS) is 14.5. The number of carboxylic acids is 1. The van der Waals surface area contributed by atoms with Crippen molar-refractivity contribution in [3.8, 4) is 39.8 Å². The smallest absolute Gasteiger partial charge is 0.408 e. The maximum atomic E-state index is 15.0. The number of likely N-dealkylation sites (N-methyl/N-ethyl adjacent to an activating group) is 1. The van der Waals surface area contributed by atoms with Crippen molar-refractivity contribution in [3.63, 3.8) is 0 Å². The summed E-state index contributed by atoms with van der Waals surface area (Å²) in [6.07, 6.45) is -1.96. The highest BCUT2D eigenvalue weighted by Gasteiger charge is 2.31. The second-order valence-electron chi connectivity index (χ2n) is 14.7. The second kappa shape index (κ2) is 17.7. The zero-order valence-electron chi connectivity index (χ0n) is 32.9. The van der Waals surface area contributed by atoms with Gasteiger partial charge >= 0.3 is 12.1 Å². The molecule has 318 valence electrons. The van der Waals surface area contributed by atoms with Gasteiger partial charge in [0.15, 0.2) is 0 Å². The molecule has 1 atom stereocenters. The van der Waals surface area contributed by atoms with Crippen LogP contribution in [0.25, 0.3) is 43.4 Å². The van der Waals surface area contributed by atoms with Gasteiger partial charge in [0.2, 0.25) is 12.0 Å². The molecule has 0 radical (unpaired) electrons. The van der Waals surface area contributed by atoms with Gasteiger partial charge in [0.05, 0.1) is 38.1 Å². The van der Waals surface area contributed by atoms with Crippen LogP contribution in [-0.4, -0.2) is 98.7 Å². The fraction of sp³-hybridized carbons (Fsp3) is 0.302. The Morgan fingerprint density at radius 3 is 2.59 bits per heavy atom. The second-order valence-corrected chi connectivity index (χ2v) is 15.8. The van der Waals surface area contributed by atoms with Crippen LogP contribution in [0.15, 0.2) is 83.7 Å². The van der Waals surface area contributed by atoms with Gasteiger partial charge in [-0.05, 0) is 78.6 Å². The van der Waals surface area contributed by atoms with Crippen LogP contribution in [0.1, 0.15) is 16.8 Å². The van der Waals surface area contributed by atoms with Crippen molar-refractivity contribution >= 4 is 50.2 Å². The molecule has 5 heterocycles. The Kier molecular flexibility index (Phi) is 12.2. The highest BCUT2D eigenvalue weighted by molar-refractivity contribution is 7.13. The number of rotatable bonds is 15. The van der Waals surface area contributed by atoms with Crippen molar-refractivity contribution in [1.82, 2.24) is 28.9 Å². The molecule has 0 bridgehead atoms. The van der Waals surface area contributed by atoms with Crippen LogP contribution in [0.4, 0.5) is 17.6 Å². The van der Waals surface area contributed by atoms with Crippen LogP contribution < -0.4 is 14.2 Å². The number of carbonyl (C=O) groups is 1. The SMILES string of the molecule is Cc1c(-c2c(-c3ccc(F)c4ccoc34)ncc3snc(O[C@H](Cc4ccccc4OCc4ccnn4CC(F)(F)F)C(=O)O)c23)ccc(OCCN2CCN(C)CC2)c1Cl. The molecule has 0 amide bonds. The number of aromatic nitrogens is 4. The van der Waals surface area contributed by atoms with E-state index in [0.717, 1.165) is 48.9 Å². The third-order valence-corrected chi connectivity index (χ3v) is 11.8. The van der Waals surface area contributed by atoms with E-state index in [2.05, 4.69) is 26.3 Å². The van der Waals surface area contributed by atoms with Crippen molar-refractivity contribution < 1.29 is 46.1 Å². The van der Waals surface area contributed by atoms with Gasteiger partial charge in [-0.2, -0.15) is 22.6 Å². The quantitative estimate of drug-likeness (QED) is 0.0993. The van der Waals surface area contributed by atoms with Crippen LogP contribution in [0, 0.1) is 12.7 Å². The lowest BCUT2D eigenvalue weighted by atomic mass is 9.92. The number of furan rings is 1. The molecule has 61 heavy (non-hydrogen) atoms. The third kappa shape index (κ3) is 9.15. The van der Waals surface area contributed by atoms with Crippen LogP contribution in [0.3, 0.4) is 0 Å². The summed E-state index contributed by atoms with van der Waals surface area (Å²) >= 11 is 8.11. The Hall–Kier alpha value is -5.75. The largest absolute Gasteiger partial charge is 0.491 e. The molecule has 1 aliphatic rings. The van der Waals surface area contributed by atoms with E-state index in [1.807, 2.05) is 13.0 Å². The first-order valence-electron chi connectivity index (χ1n) is 19.3. The molecular formula is C43H39ClF4N6O6S. The third-order valence-electron chi connectivity index (χ3n) is 10.6. The monoisotopic (exact) mass is 878 g/mol. The number of halogens is 5. The number of alkyl halides is 3. The van der Waals surface area contributed by atoms with Crippen molar-refractivity contribution in [2.75, 3.05) is 46.4 Å². The fourth-order valence-corrected chi connectivity index (χ4v) is 8.26. The van der Waals surface area contributed by atoms with E-state index in [0.29, 0.717) is 61.0 Å². The Balaban J connectivity index is 1.14. The first-order valence-corrected chi connectivity index (χ1v) is 20.4. The van der Waals surface area contributed by atoms with Gasteiger partial charge in [-0.1, -0.05) is 35.9 Å². The van der Waals surface area contributed by atoms with Crippen molar-refractivity contribution in [1.29, 1.82) is 0 Å². The minimum atomic E-state index is -4.49. The number of ether oxygens (including phenoxy) is 3. The number of nitrogens with zero attached hydrogens (tertiary/aromatic N) is 6. The van der Waals surface area contributed by atoms with Gasteiger partial charge in [-0.3, -0.25) is 14.6 Å².